The highest BCUT2D eigenvalue weighted by Crippen LogP contribution is 2.26. The fourth-order valence-corrected chi connectivity index (χ4v) is 2.84. The van der Waals surface area contributed by atoms with E-state index in [1.807, 2.05) is 0 Å². The van der Waals surface area contributed by atoms with Gasteiger partial charge in [-0.25, -0.2) is 0 Å². The normalized spacial score (nSPS) is 13.0. The zero-order chi connectivity index (χ0) is 18.4. The highest BCUT2D eigenvalue weighted by molar-refractivity contribution is 9.10. The van der Waals surface area contributed by atoms with Gasteiger partial charge >= 0.3 is 0 Å². The minimum Gasteiger partial charge on any atom is -0.354 e. The molecule has 0 saturated carbocycles. The number of fused-ring (bicyclic) bond motifs is 1. The second kappa shape index (κ2) is 8.75. The van der Waals surface area contributed by atoms with E-state index >= 15 is 0 Å². The third-order valence-electron chi connectivity index (χ3n) is 3.81. The molecular formula is C17H20BrN3O4. The van der Waals surface area contributed by atoms with Crippen LogP contribution in [0, 0.1) is 0 Å². The van der Waals surface area contributed by atoms with E-state index in [1.165, 1.54) is 4.90 Å². The molecule has 7 nitrogen and oxygen atoms in total. The maximum atomic E-state index is 12.3. The molecule has 8 heteroatoms. The molecule has 4 amide bonds. The van der Waals surface area contributed by atoms with Crippen molar-refractivity contribution >= 4 is 39.6 Å². The standard InChI is InChI=1S/C17H20BrN3O4/c1-2-14(22)19-7-8-20-15(23)4-3-9-21-16(24)12-6-5-11(18)10-13(12)17(21)25/h5-6,10H,2-4,7-9H2,1H3,(H,19,22)(H,20,23). The number of amides is 4. The predicted octanol–water partition coefficient (Wildman–Crippen LogP) is 1.47. The van der Waals surface area contributed by atoms with Crippen molar-refractivity contribution in [1.82, 2.24) is 15.5 Å². The molecule has 2 N–H and O–H groups in total. The van der Waals surface area contributed by atoms with Crippen LogP contribution in [0.4, 0.5) is 0 Å². The lowest BCUT2D eigenvalue weighted by Crippen LogP contribution is -2.35. The molecule has 0 fully saturated rings. The second-order valence-electron chi connectivity index (χ2n) is 5.61. The first-order valence-corrected chi connectivity index (χ1v) is 8.92. The average molecular weight is 410 g/mol. The van der Waals surface area contributed by atoms with Gasteiger partial charge in [0, 0.05) is 36.9 Å². The Balaban J connectivity index is 1.73. The van der Waals surface area contributed by atoms with Crippen LogP contribution in [0.5, 0.6) is 0 Å². The summed E-state index contributed by atoms with van der Waals surface area (Å²) >= 11 is 3.29. The molecule has 1 aromatic carbocycles. The van der Waals surface area contributed by atoms with Crippen molar-refractivity contribution in [1.29, 1.82) is 0 Å². The smallest absolute Gasteiger partial charge is 0.261 e. The average Bonchev–Trinajstić information content (AvgIpc) is 2.82. The van der Waals surface area contributed by atoms with Crippen molar-refractivity contribution < 1.29 is 19.2 Å². The quantitative estimate of drug-likeness (QED) is 0.501. The Morgan fingerprint density at radius 1 is 1.04 bits per heavy atom. The minimum atomic E-state index is -0.330. The number of hydrogen-bond acceptors (Lipinski definition) is 4. The van der Waals surface area contributed by atoms with E-state index in [4.69, 9.17) is 0 Å². The molecular weight excluding hydrogens is 390 g/mol. The highest BCUT2D eigenvalue weighted by Gasteiger charge is 2.35. The topological polar surface area (TPSA) is 95.6 Å². The fourth-order valence-electron chi connectivity index (χ4n) is 2.48. The number of carbonyl (C=O) groups excluding carboxylic acids is 4. The predicted molar refractivity (Wildman–Crippen MR) is 95.1 cm³/mol. The first kappa shape index (κ1) is 19.1. The molecule has 0 saturated heterocycles. The summed E-state index contributed by atoms with van der Waals surface area (Å²) < 4.78 is 0.740. The van der Waals surface area contributed by atoms with E-state index in [2.05, 4.69) is 26.6 Å². The largest absolute Gasteiger partial charge is 0.354 e. The number of nitrogens with zero attached hydrogens (tertiary/aromatic N) is 1. The summed E-state index contributed by atoms with van der Waals surface area (Å²) in [5.41, 5.74) is 0.778. The van der Waals surface area contributed by atoms with Gasteiger partial charge in [0.15, 0.2) is 0 Å². The monoisotopic (exact) mass is 409 g/mol. The van der Waals surface area contributed by atoms with Crippen molar-refractivity contribution in [2.24, 2.45) is 0 Å². The molecule has 1 aliphatic heterocycles. The van der Waals surface area contributed by atoms with Crippen LogP contribution in [0.15, 0.2) is 22.7 Å². The lowest BCUT2D eigenvalue weighted by molar-refractivity contribution is -0.122. The van der Waals surface area contributed by atoms with Crippen LogP contribution < -0.4 is 10.6 Å². The van der Waals surface area contributed by atoms with Crippen molar-refractivity contribution in [3.63, 3.8) is 0 Å². The molecule has 1 aliphatic rings. The summed E-state index contributed by atoms with van der Waals surface area (Å²) in [6.07, 6.45) is 1.00. The third-order valence-corrected chi connectivity index (χ3v) is 4.30. The van der Waals surface area contributed by atoms with Gasteiger partial charge in [-0.3, -0.25) is 24.1 Å². The van der Waals surface area contributed by atoms with Crippen molar-refractivity contribution in [2.75, 3.05) is 19.6 Å². The Hall–Kier alpha value is -2.22. The zero-order valence-electron chi connectivity index (χ0n) is 13.9. The van der Waals surface area contributed by atoms with E-state index < -0.39 is 0 Å². The van der Waals surface area contributed by atoms with Gasteiger partial charge in [0.25, 0.3) is 11.8 Å². The van der Waals surface area contributed by atoms with Gasteiger partial charge in [0.2, 0.25) is 11.8 Å². The summed E-state index contributed by atoms with van der Waals surface area (Å²) in [6.45, 7) is 2.69. The van der Waals surface area contributed by atoms with Gasteiger partial charge in [-0.1, -0.05) is 22.9 Å². The third kappa shape index (κ3) is 4.88. The molecule has 1 aromatic rings. The van der Waals surface area contributed by atoms with E-state index in [1.54, 1.807) is 25.1 Å². The molecule has 0 atom stereocenters. The number of imide groups is 1. The SMILES string of the molecule is CCC(=O)NCCNC(=O)CCCN1C(=O)c2ccc(Br)cc2C1=O. The van der Waals surface area contributed by atoms with Crippen molar-refractivity contribution in [2.45, 2.75) is 26.2 Å². The van der Waals surface area contributed by atoms with E-state index in [9.17, 15) is 19.2 Å². The van der Waals surface area contributed by atoms with Crippen LogP contribution in [0.2, 0.25) is 0 Å². The van der Waals surface area contributed by atoms with E-state index in [-0.39, 0.29) is 36.6 Å². The Labute approximate surface area is 154 Å². The van der Waals surface area contributed by atoms with Gasteiger partial charge in [-0.15, -0.1) is 0 Å². The summed E-state index contributed by atoms with van der Waals surface area (Å²) in [6, 6.07) is 4.97. The van der Waals surface area contributed by atoms with Crippen molar-refractivity contribution in [3.8, 4) is 0 Å². The number of nitrogens with one attached hydrogen (secondary N) is 2. The minimum absolute atomic E-state index is 0.0634. The Morgan fingerprint density at radius 2 is 1.68 bits per heavy atom. The lowest BCUT2D eigenvalue weighted by atomic mass is 10.1. The number of halogens is 1. The first-order chi connectivity index (χ1) is 11.9. The Kier molecular flexibility index (Phi) is 6.69. The fraction of sp³-hybridized carbons (Fsp3) is 0.412. The molecule has 0 aliphatic carbocycles. The summed E-state index contributed by atoms with van der Waals surface area (Å²) in [5, 5.41) is 5.35. The molecule has 1 heterocycles. The Morgan fingerprint density at radius 3 is 2.36 bits per heavy atom. The molecule has 0 spiro atoms. The zero-order valence-corrected chi connectivity index (χ0v) is 15.5. The second-order valence-corrected chi connectivity index (χ2v) is 6.52. The molecule has 0 bridgehead atoms. The van der Waals surface area contributed by atoms with Gasteiger partial charge in [0.1, 0.15) is 0 Å². The number of carbonyl (C=O) groups is 4. The van der Waals surface area contributed by atoms with Crippen LogP contribution in [-0.4, -0.2) is 48.2 Å². The molecule has 2 rings (SSSR count). The van der Waals surface area contributed by atoms with Crippen LogP contribution in [-0.2, 0) is 9.59 Å². The van der Waals surface area contributed by atoms with Crippen molar-refractivity contribution in [3.05, 3.63) is 33.8 Å². The van der Waals surface area contributed by atoms with Gasteiger partial charge in [-0.05, 0) is 24.6 Å². The maximum absolute atomic E-state index is 12.3. The number of hydrogen-bond donors (Lipinski definition) is 2. The molecule has 0 aromatic heterocycles. The van der Waals surface area contributed by atoms with Crippen LogP contribution >= 0.6 is 15.9 Å². The summed E-state index contributed by atoms with van der Waals surface area (Å²) in [7, 11) is 0. The molecule has 25 heavy (non-hydrogen) atoms. The van der Waals surface area contributed by atoms with Crippen LogP contribution in [0.25, 0.3) is 0 Å². The highest BCUT2D eigenvalue weighted by atomic mass is 79.9. The van der Waals surface area contributed by atoms with Gasteiger partial charge in [0.05, 0.1) is 11.1 Å². The van der Waals surface area contributed by atoms with Crippen LogP contribution in [0.3, 0.4) is 0 Å². The number of rotatable bonds is 8. The number of benzene rings is 1. The van der Waals surface area contributed by atoms with E-state index in [0.717, 1.165) is 4.47 Å². The summed E-state index contributed by atoms with van der Waals surface area (Å²) in [4.78, 5) is 48.5. The van der Waals surface area contributed by atoms with E-state index in [0.29, 0.717) is 37.1 Å². The molecule has 134 valence electrons. The maximum Gasteiger partial charge on any atom is 0.261 e. The Bertz CT molecular complexity index is 705. The lowest BCUT2D eigenvalue weighted by Gasteiger charge is -2.13. The molecule has 0 radical (unpaired) electrons. The summed E-state index contributed by atoms with van der Waals surface area (Å²) in [5.74, 6) is -0.893. The first-order valence-electron chi connectivity index (χ1n) is 8.13. The molecule has 0 unspecified atom stereocenters. The van der Waals surface area contributed by atoms with Crippen LogP contribution in [0.1, 0.15) is 46.9 Å². The van der Waals surface area contributed by atoms with Gasteiger partial charge < -0.3 is 10.6 Å². The van der Waals surface area contributed by atoms with Gasteiger partial charge in [-0.2, -0.15) is 0 Å².